The second-order valence-electron chi connectivity index (χ2n) is 12.5. The lowest BCUT2D eigenvalue weighted by atomic mass is 9.95. The molecule has 9 nitrogen and oxygen atoms in total. The van der Waals surface area contributed by atoms with Crippen molar-refractivity contribution in [3.05, 3.63) is 47.7 Å². The predicted octanol–water partition coefficient (Wildman–Crippen LogP) is 4.20. The molecule has 226 valence electrons. The van der Waals surface area contributed by atoms with Gasteiger partial charge in [-0.2, -0.15) is 15.2 Å². The Bertz CT molecular complexity index is 1430. The summed E-state index contributed by atoms with van der Waals surface area (Å²) in [5.41, 5.74) is 5.08. The van der Waals surface area contributed by atoms with E-state index in [0.29, 0.717) is 38.8 Å². The molecule has 1 aromatic heterocycles. The first-order valence-electron chi connectivity index (χ1n) is 15.9. The van der Waals surface area contributed by atoms with Crippen LogP contribution in [-0.4, -0.2) is 88.9 Å². The third-order valence-corrected chi connectivity index (χ3v) is 11.4. The molecule has 3 saturated heterocycles. The van der Waals surface area contributed by atoms with Gasteiger partial charge in [-0.15, -0.1) is 11.8 Å². The van der Waals surface area contributed by atoms with Crippen molar-refractivity contribution in [2.45, 2.75) is 74.4 Å². The van der Waals surface area contributed by atoms with Crippen LogP contribution in [-0.2, 0) is 24.2 Å². The molecule has 10 heteroatoms. The van der Waals surface area contributed by atoms with Gasteiger partial charge in [-0.1, -0.05) is 18.7 Å². The van der Waals surface area contributed by atoms with Crippen molar-refractivity contribution in [2.24, 2.45) is 0 Å². The minimum atomic E-state index is -0.211. The molecule has 0 unspecified atom stereocenters. The van der Waals surface area contributed by atoms with Gasteiger partial charge >= 0.3 is 6.01 Å². The number of carbonyl (C=O) groups is 1. The highest BCUT2D eigenvalue weighted by Crippen LogP contribution is 2.41. The lowest BCUT2D eigenvalue weighted by Gasteiger charge is -2.42. The van der Waals surface area contributed by atoms with Crippen LogP contribution in [0.3, 0.4) is 0 Å². The smallest absolute Gasteiger partial charge is 0.318 e. The van der Waals surface area contributed by atoms with Gasteiger partial charge in [-0.05, 0) is 81.5 Å². The molecule has 6 heterocycles. The summed E-state index contributed by atoms with van der Waals surface area (Å²) in [5, 5.41) is 9.56. The third-order valence-electron chi connectivity index (χ3n) is 10.1. The summed E-state index contributed by atoms with van der Waals surface area (Å²) < 4.78 is 6.53. The number of ether oxygens (including phenoxy) is 1. The number of carbonyl (C=O) groups excluding carboxylic acids is 1. The fraction of sp³-hybridized carbons (Fsp3) is 0.576. The van der Waals surface area contributed by atoms with E-state index in [9.17, 15) is 10.1 Å². The monoisotopic (exact) mass is 599 g/mol. The maximum Gasteiger partial charge on any atom is 0.318 e. The molecule has 0 bridgehead atoms. The summed E-state index contributed by atoms with van der Waals surface area (Å²) in [6.45, 7) is 9.95. The van der Waals surface area contributed by atoms with Crippen LogP contribution in [0.4, 0.5) is 11.5 Å². The molecule has 7 rings (SSSR count). The van der Waals surface area contributed by atoms with E-state index in [2.05, 4.69) is 45.5 Å². The van der Waals surface area contributed by atoms with E-state index in [0.717, 1.165) is 44.0 Å². The van der Waals surface area contributed by atoms with Crippen molar-refractivity contribution in [3.8, 4) is 12.1 Å². The van der Waals surface area contributed by atoms with E-state index >= 15 is 0 Å². The van der Waals surface area contributed by atoms with Gasteiger partial charge in [0.2, 0.25) is 5.91 Å². The maximum atomic E-state index is 12.6. The van der Waals surface area contributed by atoms with Crippen LogP contribution in [0.1, 0.15) is 55.3 Å². The third kappa shape index (κ3) is 5.35. The minimum Gasteiger partial charge on any atom is -0.461 e. The molecule has 1 amide bonds. The van der Waals surface area contributed by atoms with Crippen LogP contribution in [0.15, 0.2) is 35.7 Å². The molecule has 0 radical (unpaired) electrons. The van der Waals surface area contributed by atoms with Gasteiger partial charge < -0.3 is 19.4 Å². The molecule has 0 spiro atoms. The molecule has 3 fully saturated rings. The number of anilines is 2. The number of aromatic nitrogens is 2. The molecule has 43 heavy (non-hydrogen) atoms. The van der Waals surface area contributed by atoms with Crippen LogP contribution in [0.5, 0.6) is 6.01 Å². The van der Waals surface area contributed by atoms with Gasteiger partial charge in [-0.3, -0.25) is 9.69 Å². The molecule has 2 aromatic rings. The van der Waals surface area contributed by atoms with E-state index in [-0.39, 0.29) is 23.9 Å². The van der Waals surface area contributed by atoms with Gasteiger partial charge in [0, 0.05) is 36.6 Å². The van der Waals surface area contributed by atoms with Crippen molar-refractivity contribution >= 4 is 29.2 Å². The quantitative estimate of drug-likeness (QED) is 0.435. The van der Waals surface area contributed by atoms with E-state index in [4.69, 9.17) is 14.7 Å². The zero-order valence-corrected chi connectivity index (χ0v) is 25.8. The van der Waals surface area contributed by atoms with Gasteiger partial charge in [0.1, 0.15) is 12.4 Å². The summed E-state index contributed by atoms with van der Waals surface area (Å²) in [4.78, 5) is 33.3. The van der Waals surface area contributed by atoms with Crippen LogP contribution in [0, 0.1) is 11.3 Å². The molecule has 1 aromatic carbocycles. The first kappa shape index (κ1) is 28.5. The van der Waals surface area contributed by atoms with E-state index in [1.165, 1.54) is 65.6 Å². The van der Waals surface area contributed by atoms with Crippen LogP contribution < -0.4 is 14.5 Å². The average Bonchev–Trinajstić information content (AvgIpc) is 3.63. The highest BCUT2D eigenvalue weighted by molar-refractivity contribution is 7.99. The number of nitriles is 1. The maximum absolute atomic E-state index is 12.6. The Balaban J connectivity index is 1.21. The van der Waals surface area contributed by atoms with E-state index in [1.807, 2.05) is 11.8 Å². The van der Waals surface area contributed by atoms with Gasteiger partial charge in [0.05, 0.1) is 42.0 Å². The lowest BCUT2D eigenvalue weighted by molar-refractivity contribution is -0.128. The normalized spacial score (nSPS) is 22.9. The number of rotatable bonds is 7. The number of fused-ring (bicyclic) bond motifs is 3. The fourth-order valence-corrected chi connectivity index (χ4v) is 9.13. The highest BCUT2D eigenvalue weighted by Gasteiger charge is 2.45. The minimum absolute atomic E-state index is 0.111. The average molecular weight is 600 g/mol. The Kier molecular flexibility index (Phi) is 7.95. The largest absolute Gasteiger partial charge is 0.461 e. The predicted molar refractivity (Wildman–Crippen MR) is 169 cm³/mol. The molecular weight excluding hydrogens is 558 g/mol. The number of aryl methyl sites for hydroxylation is 1. The number of thioether (sulfide) groups is 1. The summed E-state index contributed by atoms with van der Waals surface area (Å²) in [6, 6.07) is 9.26. The number of nitrogens with zero attached hydrogens (tertiary/aromatic N) is 7. The summed E-state index contributed by atoms with van der Waals surface area (Å²) in [6.07, 6.45) is 9.63. The number of benzene rings is 1. The van der Waals surface area contributed by atoms with Gasteiger partial charge in [0.25, 0.3) is 0 Å². The molecule has 0 aliphatic carbocycles. The Morgan fingerprint density at radius 1 is 1.12 bits per heavy atom. The fourth-order valence-electron chi connectivity index (χ4n) is 7.94. The number of hydrogen-bond acceptors (Lipinski definition) is 9. The molecular formula is C33H41N7O2S. The second kappa shape index (κ2) is 12.0. The van der Waals surface area contributed by atoms with Crippen molar-refractivity contribution in [2.75, 3.05) is 61.4 Å². The Morgan fingerprint density at radius 2 is 1.98 bits per heavy atom. The summed E-state index contributed by atoms with van der Waals surface area (Å²) >= 11 is 1.98. The number of hydrogen-bond donors (Lipinski definition) is 0. The van der Waals surface area contributed by atoms with Gasteiger partial charge in [-0.25, -0.2) is 0 Å². The van der Waals surface area contributed by atoms with E-state index < -0.39 is 0 Å². The Labute approximate surface area is 258 Å². The number of amides is 1. The number of piperazine rings is 1. The second-order valence-corrected chi connectivity index (χ2v) is 13.7. The van der Waals surface area contributed by atoms with Crippen molar-refractivity contribution in [1.29, 1.82) is 5.26 Å². The first-order chi connectivity index (χ1) is 21.1. The van der Waals surface area contributed by atoms with Gasteiger partial charge in [0.15, 0.2) is 0 Å². The zero-order chi connectivity index (χ0) is 29.4. The zero-order valence-electron chi connectivity index (χ0n) is 25.0. The Morgan fingerprint density at radius 3 is 2.79 bits per heavy atom. The van der Waals surface area contributed by atoms with Crippen LogP contribution in [0.25, 0.3) is 0 Å². The standard InChI is InChI=1S/C33H41N7O2S/c1-2-29(41)40-19-18-38(21-25(40)10-14-34)31-26-11-17-37(28-9-3-7-24-8-4-20-43-30(24)28)22-27(26)35-32(36-31)42-23-33-12-5-15-39(33)16-6-13-33/h2-3,7,9,25H,1,4-6,8,10-13,15-23H2/t25-/m0/s1. The lowest BCUT2D eigenvalue weighted by Crippen LogP contribution is -2.55. The van der Waals surface area contributed by atoms with Crippen LogP contribution in [0.2, 0.25) is 0 Å². The molecule has 5 aliphatic rings. The molecule has 0 saturated carbocycles. The van der Waals surface area contributed by atoms with Crippen LogP contribution >= 0.6 is 11.8 Å². The molecule has 0 N–H and O–H groups in total. The van der Waals surface area contributed by atoms with Crippen molar-refractivity contribution in [1.82, 2.24) is 19.8 Å². The SMILES string of the molecule is C=CC(=O)N1CCN(c2nc(OCC34CCCN3CCC4)nc3c2CCN(c2cccc4c2SCCC4)C3)C[C@@H]1CC#N. The molecule has 1 atom stereocenters. The summed E-state index contributed by atoms with van der Waals surface area (Å²) in [5.74, 6) is 1.96. The highest BCUT2D eigenvalue weighted by atomic mass is 32.2. The molecule has 5 aliphatic heterocycles. The van der Waals surface area contributed by atoms with Crippen molar-refractivity contribution < 1.29 is 9.53 Å². The van der Waals surface area contributed by atoms with E-state index in [1.54, 1.807) is 4.90 Å². The Hall–Kier alpha value is -3.29. The van der Waals surface area contributed by atoms with Crippen molar-refractivity contribution in [3.63, 3.8) is 0 Å². The topological polar surface area (TPSA) is 88.8 Å². The summed E-state index contributed by atoms with van der Waals surface area (Å²) in [7, 11) is 0. The first-order valence-corrected chi connectivity index (χ1v) is 16.9.